The van der Waals surface area contributed by atoms with Crippen LogP contribution < -0.4 is 10.0 Å². The number of sulfonamides is 1. The molecule has 0 saturated heterocycles. The van der Waals surface area contributed by atoms with Crippen LogP contribution in [0.4, 0.5) is 0 Å². The number of aryl methyl sites for hydroxylation is 2. The van der Waals surface area contributed by atoms with Crippen molar-refractivity contribution in [2.75, 3.05) is 20.1 Å². The number of hydrogen-bond donors (Lipinski definition) is 2. The summed E-state index contributed by atoms with van der Waals surface area (Å²) in [7, 11) is 0.0659. The molecule has 0 unspecified atom stereocenters. The van der Waals surface area contributed by atoms with E-state index in [0.717, 1.165) is 0 Å². The van der Waals surface area contributed by atoms with Gasteiger partial charge in [0, 0.05) is 26.3 Å². The number of hydrogen-bond acceptors (Lipinski definition) is 4. The molecule has 0 bridgehead atoms. The van der Waals surface area contributed by atoms with Crippen molar-refractivity contribution in [1.82, 2.24) is 19.6 Å². The summed E-state index contributed by atoms with van der Waals surface area (Å²) >= 11 is 0. The van der Waals surface area contributed by atoms with Gasteiger partial charge in [0.2, 0.25) is 0 Å². The normalized spacial score (nSPS) is 11.2. The van der Waals surface area contributed by atoms with Gasteiger partial charge in [0.1, 0.15) is 5.82 Å². The fourth-order valence-electron chi connectivity index (χ4n) is 1.04. The summed E-state index contributed by atoms with van der Waals surface area (Å²) in [5.41, 5.74) is 0. The summed E-state index contributed by atoms with van der Waals surface area (Å²) in [6.07, 6.45) is 1.50. The lowest BCUT2D eigenvalue weighted by atomic mass is 10.7. The van der Waals surface area contributed by atoms with E-state index in [2.05, 4.69) is 15.0 Å². The van der Waals surface area contributed by atoms with Gasteiger partial charge in [0.15, 0.2) is 5.03 Å². The second kappa shape index (κ2) is 6.19. The molecule has 94 valence electrons. The summed E-state index contributed by atoms with van der Waals surface area (Å²) in [6, 6.07) is 0. The number of aromatic nitrogens is 2. The van der Waals surface area contributed by atoms with Crippen molar-refractivity contribution < 1.29 is 8.42 Å². The van der Waals surface area contributed by atoms with E-state index in [0.29, 0.717) is 18.9 Å². The molecule has 0 radical (unpaired) electrons. The standard InChI is InChI=1S/C8H16N4O2S.ClH/c1-7-11-8(6-12(7)3)15(13,14)10-5-4-9-2;/h6,9-10H,4-5H2,1-3H3;1H. The van der Waals surface area contributed by atoms with Crippen LogP contribution in [0.1, 0.15) is 5.82 Å². The molecule has 6 nitrogen and oxygen atoms in total. The summed E-state index contributed by atoms with van der Waals surface area (Å²) in [5.74, 6) is 0.670. The highest BCUT2D eigenvalue weighted by atomic mass is 35.5. The van der Waals surface area contributed by atoms with E-state index in [1.807, 2.05) is 0 Å². The number of nitrogens with one attached hydrogen (secondary N) is 2. The van der Waals surface area contributed by atoms with Crippen LogP contribution >= 0.6 is 12.4 Å². The predicted octanol–water partition coefficient (Wildman–Crippen LogP) is -0.352. The van der Waals surface area contributed by atoms with Gasteiger partial charge in [-0.25, -0.2) is 18.1 Å². The van der Waals surface area contributed by atoms with E-state index in [9.17, 15) is 8.42 Å². The zero-order chi connectivity index (χ0) is 11.5. The molecule has 16 heavy (non-hydrogen) atoms. The van der Waals surface area contributed by atoms with Gasteiger partial charge in [-0.2, -0.15) is 0 Å². The average molecular weight is 269 g/mol. The molecular formula is C8H17ClN4O2S. The molecule has 0 saturated carbocycles. The molecule has 8 heteroatoms. The van der Waals surface area contributed by atoms with Crippen LogP contribution in [0.2, 0.25) is 0 Å². The zero-order valence-corrected chi connectivity index (χ0v) is 11.2. The maximum Gasteiger partial charge on any atom is 0.259 e. The molecule has 0 fully saturated rings. The van der Waals surface area contributed by atoms with Crippen LogP contribution in [0.25, 0.3) is 0 Å². The molecular weight excluding hydrogens is 252 g/mol. The molecule has 1 aromatic rings. The van der Waals surface area contributed by atoms with Crippen molar-refractivity contribution in [2.45, 2.75) is 11.9 Å². The van der Waals surface area contributed by atoms with E-state index in [4.69, 9.17) is 0 Å². The van der Waals surface area contributed by atoms with Crippen molar-refractivity contribution in [1.29, 1.82) is 0 Å². The smallest absolute Gasteiger partial charge is 0.259 e. The maximum atomic E-state index is 11.7. The SMILES string of the molecule is CNCCNS(=O)(=O)c1cn(C)c(C)n1.Cl. The minimum Gasteiger partial charge on any atom is -0.337 e. The number of imidazole rings is 1. The molecule has 0 amide bonds. The third kappa shape index (κ3) is 3.75. The second-order valence-electron chi connectivity index (χ2n) is 3.24. The monoisotopic (exact) mass is 268 g/mol. The number of rotatable bonds is 5. The summed E-state index contributed by atoms with van der Waals surface area (Å²) < 4.78 is 27.4. The average Bonchev–Trinajstić information content (AvgIpc) is 2.48. The lowest BCUT2D eigenvalue weighted by molar-refractivity contribution is 0.576. The van der Waals surface area contributed by atoms with Gasteiger partial charge in [0.25, 0.3) is 10.0 Å². The Morgan fingerprint density at radius 3 is 2.50 bits per heavy atom. The van der Waals surface area contributed by atoms with Crippen LogP contribution in [-0.4, -0.2) is 38.1 Å². The number of likely N-dealkylation sites (N-methyl/N-ethyl adjacent to an activating group) is 1. The van der Waals surface area contributed by atoms with Gasteiger partial charge in [0.05, 0.1) is 0 Å². The summed E-state index contributed by atoms with van der Waals surface area (Å²) in [5, 5.41) is 2.92. The molecule has 1 heterocycles. The largest absolute Gasteiger partial charge is 0.337 e. The molecule has 0 aromatic carbocycles. The Bertz CT molecular complexity index is 410. The molecule has 0 atom stereocenters. The van der Waals surface area contributed by atoms with Crippen molar-refractivity contribution in [3.63, 3.8) is 0 Å². The molecule has 0 aliphatic rings. The maximum absolute atomic E-state index is 11.7. The van der Waals surface area contributed by atoms with Crippen LogP contribution in [0.5, 0.6) is 0 Å². The third-order valence-electron chi connectivity index (χ3n) is 2.03. The summed E-state index contributed by atoms with van der Waals surface area (Å²) in [4.78, 5) is 3.95. The van der Waals surface area contributed by atoms with Crippen LogP contribution in [0.3, 0.4) is 0 Å². The van der Waals surface area contributed by atoms with Gasteiger partial charge in [-0.1, -0.05) is 0 Å². The Morgan fingerprint density at radius 1 is 1.44 bits per heavy atom. The molecule has 2 N–H and O–H groups in total. The Morgan fingerprint density at radius 2 is 2.06 bits per heavy atom. The van der Waals surface area contributed by atoms with E-state index in [-0.39, 0.29) is 17.4 Å². The quantitative estimate of drug-likeness (QED) is 0.716. The third-order valence-corrected chi connectivity index (χ3v) is 3.36. The van der Waals surface area contributed by atoms with E-state index in [1.165, 1.54) is 6.20 Å². The van der Waals surface area contributed by atoms with Gasteiger partial charge >= 0.3 is 0 Å². The topological polar surface area (TPSA) is 76.0 Å². The van der Waals surface area contributed by atoms with Crippen LogP contribution in [0.15, 0.2) is 11.2 Å². The fraction of sp³-hybridized carbons (Fsp3) is 0.625. The zero-order valence-electron chi connectivity index (χ0n) is 9.52. The van der Waals surface area contributed by atoms with Crippen LogP contribution in [0, 0.1) is 6.92 Å². The molecule has 0 spiro atoms. The lowest BCUT2D eigenvalue weighted by Gasteiger charge is -2.02. The highest BCUT2D eigenvalue weighted by Gasteiger charge is 2.17. The molecule has 0 aliphatic heterocycles. The van der Waals surface area contributed by atoms with Gasteiger partial charge in [-0.05, 0) is 14.0 Å². The fourth-order valence-corrected chi connectivity index (χ4v) is 2.11. The highest BCUT2D eigenvalue weighted by molar-refractivity contribution is 7.89. The van der Waals surface area contributed by atoms with Gasteiger partial charge < -0.3 is 9.88 Å². The first-order valence-corrected chi connectivity index (χ1v) is 6.10. The molecule has 0 aliphatic carbocycles. The first kappa shape index (κ1) is 15.4. The van der Waals surface area contributed by atoms with E-state index >= 15 is 0 Å². The molecule has 1 aromatic heterocycles. The van der Waals surface area contributed by atoms with Crippen molar-refractivity contribution >= 4 is 22.4 Å². The predicted molar refractivity (Wildman–Crippen MR) is 64.3 cm³/mol. The van der Waals surface area contributed by atoms with E-state index in [1.54, 1.807) is 25.6 Å². The number of halogens is 1. The minimum absolute atomic E-state index is 0. The Labute approximate surface area is 102 Å². The number of nitrogens with zero attached hydrogens (tertiary/aromatic N) is 2. The first-order valence-electron chi connectivity index (χ1n) is 4.61. The lowest BCUT2D eigenvalue weighted by Crippen LogP contribution is -2.30. The van der Waals surface area contributed by atoms with Gasteiger partial charge in [-0.3, -0.25) is 0 Å². The van der Waals surface area contributed by atoms with Crippen LogP contribution in [-0.2, 0) is 17.1 Å². The summed E-state index contributed by atoms with van der Waals surface area (Å²) in [6.45, 7) is 2.70. The first-order chi connectivity index (χ1) is 6.97. The minimum atomic E-state index is -3.46. The van der Waals surface area contributed by atoms with Gasteiger partial charge in [-0.15, -0.1) is 12.4 Å². The van der Waals surface area contributed by atoms with Crippen molar-refractivity contribution in [3.05, 3.63) is 12.0 Å². The van der Waals surface area contributed by atoms with Crippen molar-refractivity contribution in [2.24, 2.45) is 7.05 Å². The molecule has 1 rings (SSSR count). The Kier molecular flexibility index (Phi) is 5.95. The highest BCUT2D eigenvalue weighted by Crippen LogP contribution is 2.06. The van der Waals surface area contributed by atoms with E-state index < -0.39 is 10.0 Å². The second-order valence-corrected chi connectivity index (χ2v) is 4.95. The Balaban J connectivity index is 0.00000225. The van der Waals surface area contributed by atoms with Crippen molar-refractivity contribution in [3.8, 4) is 0 Å². The Hall–Kier alpha value is -0.630.